The van der Waals surface area contributed by atoms with Gasteiger partial charge in [-0.25, -0.2) is 0 Å². The lowest BCUT2D eigenvalue weighted by Gasteiger charge is -2.06. The molecule has 0 aliphatic rings. The highest BCUT2D eigenvalue weighted by atomic mass is 16.3. The van der Waals surface area contributed by atoms with Crippen molar-refractivity contribution in [2.24, 2.45) is 0 Å². The maximum absolute atomic E-state index is 12.4. The molecule has 0 atom stereocenters. The number of aryl methyl sites for hydroxylation is 1. The van der Waals surface area contributed by atoms with Gasteiger partial charge in [0.05, 0.1) is 5.56 Å². The van der Waals surface area contributed by atoms with Gasteiger partial charge in [-0.15, -0.1) is 0 Å². The topological polar surface area (TPSA) is 57.5 Å². The number of ketones is 1. The zero-order chi connectivity index (χ0) is 16.4. The standard InChI is InChI=1S/C20H16O3/c1-13-6-8-15(9-7-13)18(21)12-19(22)17-11-10-14-4-2-3-5-16(14)20(17)23/h2-12,21,23H,1H3/b18-12-. The van der Waals surface area contributed by atoms with Crippen LogP contribution in [0.25, 0.3) is 16.5 Å². The van der Waals surface area contributed by atoms with E-state index >= 15 is 0 Å². The second-order valence-electron chi connectivity index (χ2n) is 5.44. The minimum absolute atomic E-state index is 0.0685. The highest BCUT2D eigenvalue weighted by Gasteiger charge is 2.13. The van der Waals surface area contributed by atoms with Crippen LogP contribution in [0.4, 0.5) is 0 Å². The zero-order valence-corrected chi connectivity index (χ0v) is 12.7. The third-order valence-corrected chi connectivity index (χ3v) is 3.78. The van der Waals surface area contributed by atoms with Crippen molar-refractivity contribution < 1.29 is 15.0 Å². The van der Waals surface area contributed by atoms with E-state index in [0.717, 1.165) is 17.0 Å². The number of aliphatic hydroxyl groups is 1. The molecule has 3 aromatic carbocycles. The molecule has 0 aromatic heterocycles. The van der Waals surface area contributed by atoms with Gasteiger partial charge in [-0.3, -0.25) is 4.79 Å². The first-order chi connectivity index (χ1) is 11.1. The Hall–Kier alpha value is -3.07. The molecule has 0 amide bonds. The smallest absolute Gasteiger partial charge is 0.193 e. The summed E-state index contributed by atoms with van der Waals surface area (Å²) in [6, 6.07) is 17.8. The van der Waals surface area contributed by atoms with Gasteiger partial charge in [0.15, 0.2) is 5.78 Å². The van der Waals surface area contributed by atoms with E-state index in [0.29, 0.717) is 10.9 Å². The van der Waals surface area contributed by atoms with Gasteiger partial charge in [-0.2, -0.15) is 0 Å². The summed E-state index contributed by atoms with van der Waals surface area (Å²) in [6.07, 6.45) is 1.13. The minimum atomic E-state index is -0.439. The number of phenolic OH excluding ortho intramolecular Hbond substituents is 1. The Bertz CT molecular complexity index is 906. The molecule has 0 fully saturated rings. The second kappa shape index (κ2) is 5.97. The van der Waals surface area contributed by atoms with Gasteiger partial charge in [0.2, 0.25) is 0 Å². The lowest BCUT2D eigenvalue weighted by atomic mass is 10.0. The maximum Gasteiger partial charge on any atom is 0.193 e. The highest BCUT2D eigenvalue weighted by Crippen LogP contribution is 2.29. The summed E-state index contributed by atoms with van der Waals surface area (Å²) in [7, 11) is 0. The largest absolute Gasteiger partial charge is 0.507 e. The molecule has 0 bridgehead atoms. The van der Waals surface area contributed by atoms with Crippen molar-refractivity contribution in [3.8, 4) is 5.75 Å². The zero-order valence-electron chi connectivity index (χ0n) is 12.7. The predicted molar refractivity (Wildman–Crippen MR) is 91.7 cm³/mol. The second-order valence-corrected chi connectivity index (χ2v) is 5.44. The number of carbonyl (C=O) groups excluding carboxylic acids is 1. The van der Waals surface area contributed by atoms with Crippen molar-refractivity contribution in [2.75, 3.05) is 0 Å². The molecule has 0 saturated heterocycles. The van der Waals surface area contributed by atoms with Crippen molar-refractivity contribution in [1.82, 2.24) is 0 Å². The summed E-state index contributed by atoms with van der Waals surface area (Å²) < 4.78 is 0. The summed E-state index contributed by atoms with van der Waals surface area (Å²) in [5.41, 5.74) is 1.80. The molecule has 0 radical (unpaired) electrons. The van der Waals surface area contributed by atoms with Crippen LogP contribution >= 0.6 is 0 Å². The van der Waals surface area contributed by atoms with Crippen molar-refractivity contribution in [1.29, 1.82) is 0 Å². The Labute approximate surface area is 134 Å². The Kier molecular flexibility index (Phi) is 3.85. The molecule has 0 spiro atoms. The lowest BCUT2D eigenvalue weighted by molar-refractivity contribution is 0.104. The van der Waals surface area contributed by atoms with Crippen LogP contribution < -0.4 is 0 Å². The first-order valence-corrected chi connectivity index (χ1v) is 7.29. The van der Waals surface area contributed by atoms with Gasteiger partial charge in [0.25, 0.3) is 0 Å². The van der Waals surface area contributed by atoms with E-state index in [1.54, 1.807) is 36.4 Å². The van der Waals surface area contributed by atoms with Crippen molar-refractivity contribution in [3.05, 3.63) is 83.4 Å². The molecule has 0 unspecified atom stereocenters. The fourth-order valence-electron chi connectivity index (χ4n) is 2.46. The minimum Gasteiger partial charge on any atom is -0.507 e. The Morgan fingerprint density at radius 3 is 2.39 bits per heavy atom. The van der Waals surface area contributed by atoms with Crippen LogP contribution in [-0.2, 0) is 0 Å². The number of aliphatic hydroxyl groups excluding tert-OH is 1. The monoisotopic (exact) mass is 304 g/mol. The fraction of sp³-hybridized carbons (Fsp3) is 0.0500. The molecule has 0 aliphatic heterocycles. The summed E-state index contributed by atoms with van der Waals surface area (Å²) in [5.74, 6) is -0.630. The van der Waals surface area contributed by atoms with Crippen LogP contribution in [0.1, 0.15) is 21.5 Å². The van der Waals surface area contributed by atoms with Crippen molar-refractivity contribution >= 4 is 22.3 Å². The molecule has 23 heavy (non-hydrogen) atoms. The number of carbonyl (C=O) groups is 1. The van der Waals surface area contributed by atoms with Gasteiger partial charge < -0.3 is 10.2 Å². The first-order valence-electron chi connectivity index (χ1n) is 7.29. The fourth-order valence-corrected chi connectivity index (χ4v) is 2.46. The Morgan fingerprint density at radius 1 is 0.957 bits per heavy atom. The lowest BCUT2D eigenvalue weighted by Crippen LogP contribution is -1.98. The summed E-state index contributed by atoms with van der Waals surface area (Å²) in [6.45, 7) is 1.95. The molecule has 0 aliphatic carbocycles. The summed E-state index contributed by atoms with van der Waals surface area (Å²) in [4.78, 5) is 12.4. The number of hydrogen-bond acceptors (Lipinski definition) is 3. The van der Waals surface area contributed by atoms with E-state index in [2.05, 4.69) is 0 Å². The molecule has 3 heteroatoms. The third-order valence-electron chi connectivity index (χ3n) is 3.78. The van der Waals surface area contributed by atoms with E-state index in [-0.39, 0.29) is 17.1 Å². The molecule has 0 heterocycles. The normalized spacial score (nSPS) is 11.6. The quantitative estimate of drug-likeness (QED) is 0.421. The summed E-state index contributed by atoms with van der Waals surface area (Å²) >= 11 is 0. The number of aromatic hydroxyl groups is 1. The number of fused-ring (bicyclic) bond motifs is 1. The van der Waals surface area contributed by atoms with Crippen LogP contribution in [0.5, 0.6) is 5.75 Å². The van der Waals surface area contributed by atoms with E-state index < -0.39 is 5.78 Å². The van der Waals surface area contributed by atoms with Gasteiger partial charge in [-0.05, 0) is 18.4 Å². The Morgan fingerprint density at radius 2 is 1.65 bits per heavy atom. The number of hydrogen-bond donors (Lipinski definition) is 2. The number of benzene rings is 3. The summed E-state index contributed by atoms with van der Waals surface area (Å²) in [5, 5.41) is 21.9. The average molecular weight is 304 g/mol. The Balaban J connectivity index is 1.98. The van der Waals surface area contributed by atoms with E-state index in [9.17, 15) is 15.0 Å². The van der Waals surface area contributed by atoms with Crippen LogP contribution in [0, 0.1) is 6.92 Å². The van der Waals surface area contributed by atoms with Gasteiger partial charge in [0, 0.05) is 17.0 Å². The molecular formula is C20H16O3. The van der Waals surface area contributed by atoms with Crippen LogP contribution in [0.3, 0.4) is 0 Å². The molecule has 114 valence electrons. The predicted octanol–water partition coefficient (Wildman–Crippen LogP) is 4.64. The highest BCUT2D eigenvalue weighted by molar-refractivity contribution is 6.12. The molecule has 3 aromatic rings. The van der Waals surface area contributed by atoms with Crippen LogP contribution in [0.2, 0.25) is 0 Å². The van der Waals surface area contributed by atoms with Gasteiger partial charge >= 0.3 is 0 Å². The first kappa shape index (κ1) is 14.9. The maximum atomic E-state index is 12.4. The van der Waals surface area contributed by atoms with Crippen molar-refractivity contribution in [3.63, 3.8) is 0 Å². The van der Waals surface area contributed by atoms with Crippen LogP contribution in [0.15, 0.2) is 66.7 Å². The average Bonchev–Trinajstić information content (AvgIpc) is 2.56. The SMILES string of the molecule is Cc1ccc(/C(O)=C/C(=O)c2ccc3ccccc3c2O)cc1. The van der Waals surface area contributed by atoms with Crippen molar-refractivity contribution in [2.45, 2.75) is 6.92 Å². The molecular weight excluding hydrogens is 288 g/mol. The van der Waals surface area contributed by atoms with E-state index in [1.807, 2.05) is 31.2 Å². The number of rotatable bonds is 3. The third kappa shape index (κ3) is 2.94. The number of phenols is 1. The van der Waals surface area contributed by atoms with Gasteiger partial charge in [-0.1, -0.05) is 60.2 Å². The number of allylic oxidation sites excluding steroid dienone is 1. The van der Waals surface area contributed by atoms with E-state index in [4.69, 9.17) is 0 Å². The van der Waals surface area contributed by atoms with Crippen LogP contribution in [-0.4, -0.2) is 16.0 Å². The molecule has 2 N–H and O–H groups in total. The molecule has 0 saturated carbocycles. The molecule has 3 nitrogen and oxygen atoms in total. The molecule has 3 rings (SSSR count). The van der Waals surface area contributed by atoms with Gasteiger partial charge in [0.1, 0.15) is 11.5 Å². The van der Waals surface area contributed by atoms with E-state index in [1.165, 1.54) is 0 Å².